The van der Waals surface area contributed by atoms with Crippen molar-refractivity contribution in [2.75, 3.05) is 6.54 Å². The Labute approximate surface area is 55.0 Å². The molecule has 3 nitrogen and oxygen atoms in total. The standard InChI is InChI=1S/C6H11N3/c1-2-3-4-5-6-8-9-7/h2-3H,4-6H2,1H3/b3-2+. The summed E-state index contributed by atoms with van der Waals surface area (Å²) in [4.78, 5) is 2.63. The molecule has 0 unspecified atom stereocenters. The van der Waals surface area contributed by atoms with E-state index >= 15 is 0 Å². The lowest BCUT2D eigenvalue weighted by atomic mass is 10.3. The summed E-state index contributed by atoms with van der Waals surface area (Å²) < 4.78 is 0. The van der Waals surface area contributed by atoms with Gasteiger partial charge < -0.3 is 0 Å². The summed E-state index contributed by atoms with van der Waals surface area (Å²) in [7, 11) is 0. The van der Waals surface area contributed by atoms with Gasteiger partial charge in [0.1, 0.15) is 0 Å². The van der Waals surface area contributed by atoms with Crippen LogP contribution in [0.1, 0.15) is 19.8 Å². The lowest BCUT2D eigenvalue weighted by Gasteiger charge is -1.84. The highest BCUT2D eigenvalue weighted by atomic mass is 15.1. The second-order valence-electron chi connectivity index (χ2n) is 1.67. The average molecular weight is 125 g/mol. The van der Waals surface area contributed by atoms with Crippen molar-refractivity contribution in [3.8, 4) is 0 Å². The molecule has 0 N–H and O–H groups in total. The Bertz CT molecular complexity index is 122. The van der Waals surface area contributed by atoms with Gasteiger partial charge in [-0.05, 0) is 25.3 Å². The Morgan fingerprint density at radius 2 is 2.44 bits per heavy atom. The molecule has 0 radical (unpaired) electrons. The molecule has 0 aliphatic carbocycles. The lowest BCUT2D eigenvalue weighted by Crippen LogP contribution is -1.74. The molecular weight excluding hydrogens is 114 g/mol. The van der Waals surface area contributed by atoms with Crippen LogP contribution in [-0.2, 0) is 0 Å². The van der Waals surface area contributed by atoms with Gasteiger partial charge in [0, 0.05) is 11.5 Å². The quantitative estimate of drug-likeness (QED) is 0.182. The van der Waals surface area contributed by atoms with E-state index in [0.29, 0.717) is 6.54 Å². The van der Waals surface area contributed by atoms with E-state index < -0.39 is 0 Å². The first-order valence-corrected chi connectivity index (χ1v) is 3.04. The maximum atomic E-state index is 7.86. The van der Waals surface area contributed by atoms with Gasteiger partial charge in [0.25, 0.3) is 0 Å². The topological polar surface area (TPSA) is 48.8 Å². The van der Waals surface area contributed by atoms with Crippen molar-refractivity contribution in [1.82, 2.24) is 0 Å². The van der Waals surface area contributed by atoms with Crippen molar-refractivity contribution in [3.63, 3.8) is 0 Å². The lowest BCUT2D eigenvalue weighted by molar-refractivity contribution is 0.848. The van der Waals surface area contributed by atoms with Crippen molar-refractivity contribution < 1.29 is 0 Å². The average Bonchev–Trinajstić information content (AvgIpc) is 1.89. The third kappa shape index (κ3) is 7.05. The summed E-state index contributed by atoms with van der Waals surface area (Å²) in [5.41, 5.74) is 7.86. The van der Waals surface area contributed by atoms with Crippen molar-refractivity contribution in [1.29, 1.82) is 0 Å². The highest BCUT2D eigenvalue weighted by Crippen LogP contribution is 1.90. The largest absolute Gasteiger partial charge is 0.0940 e. The van der Waals surface area contributed by atoms with Crippen molar-refractivity contribution in [2.45, 2.75) is 19.8 Å². The Kier molecular flexibility index (Phi) is 6.31. The highest BCUT2D eigenvalue weighted by molar-refractivity contribution is 4.76. The van der Waals surface area contributed by atoms with E-state index in [4.69, 9.17) is 5.53 Å². The van der Waals surface area contributed by atoms with Gasteiger partial charge in [-0.3, -0.25) is 0 Å². The van der Waals surface area contributed by atoms with Gasteiger partial charge in [-0.1, -0.05) is 17.3 Å². The minimum atomic E-state index is 0.612. The number of hydrogen-bond donors (Lipinski definition) is 0. The molecule has 0 amide bonds. The molecule has 0 spiro atoms. The SMILES string of the molecule is C/C=C/CCCN=[N+]=[N-]. The minimum Gasteiger partial charge on any atom is -0.0940 e. The number of azide groups is 1. The normalized spacial score (nSPS) is 9.44. The Morgan fingerprint density at radius 1 is 1.67 bits per heavy atom. The van der Waals surface area contributed by atoms with Crippen LogP contribution in [-0.4, -0.2) is 6.54 Å². The zero-order chi connectivity index (χ0) is 6.95. The summed E-state index contributed by atoms with van der Waals surface area (Å²) in [6, 6.07) is 0. The predicted molar refractivity (Wildman–Crippen MR) is 38.1 cm³/mol. The van der Waals surface area contributed by atoms with Crippen molar-refractivity contribution in [2.24, 2.45) is 5.11 Å². The molecule has 0 aliphatic heterocycles. The van der Waals surface area contributed by atoms with Crippen LogP contribution in [0.25, 0.3) is 10.4 Å². The van der Waals surface area contributed by atoms with Crippen molar-refractivity contribution in [3.05, 3.63) is 22.6 Å². The molecule has 0 fully saturated rings. The van der Waals surface area contributed by atoms with Gasteiger partial charge in [-0.25, -0.2) is 0 Å². The van der Waals surface area contributed by atoms with Crippen LogP contribution >= 0.6 is 0 Å². The number of unbranched alkanes of at least 4 members (excludes halogenated alkanes) is 1. The summed E-state index contributed by atoms with van der Waals surface area (Å²) in [6.07, 6.45) is 6.02. The zero-order valence-corrected chi connectivity index (χ0v) is 5.62. The number of rotatable bonds is 4. The first-order valence-electron chi connectivity index (χ1n) is 3.04. The molecule has 0 aliphatic rings. The number of nitrogens with zero attached hydrogens (tertiary/aromatic N) is 3. The van der Waals surface area contributed by atoms with Gasteiger partial charge in [-0.15, -0.1) is 0 Å². The van der Waals surface area contributed by atoms with Crippen LogP contribution in [0.4, 0.5) is 0 Å². The first-order chi connectivity index (χ1) is 4.41. The third-order valence-corrected chi connectivity index (χ3v) is 0.928. The fourth-order valence-electron chi connectivity index (χ4n) is 0.491. The van der Waals surface area contributed by atoms with Crippen LogP contribution in [0.2, 0.25) is 0 Å². The van der Waals surface area contributed by atoms with E-state index in [1.807, 2.05) is 13.0 Å². The molecule has 0 bridgehead atoms. The van der Waals surface area contributed by atoms with E-state index in [2.05, 4.69) is 16.1 Å². The van der Waals surface area contributed by atoms with Gasteiger partial charge in [-0.2, -0.15) is 0 Å². The van der Waals surface area contributed by atoms with E-state index in [1.54, 1.807) is 0 Å². The molecule has 3 heteroatoms. The summed E-state index contributed by atoms with van der Waals surface area (Å²) in [6.45, 7) is 2.59. The summed E-state index contributed by atoms with van der Waals surface area (Å²) in [5, 5.41) is 3.39. The van der Waals surface area contributed by atoms with Crippen LogP contribution in [0.5, 0.6) is 0 Å². The molecule has 9 heavy (non-hydrogen) atoms. The second-order valence-corrected chi connectivity index (χ2v) is 1.67. The van der Waals surface area contributed by atoms with Crippen LogP contribution < -0.4 is 0 Å². The molecule has 50 valence electrons. The Hall–Kier alpha value is -0.950. The first kappa shape index (κ1) is 8.05. The monoisotopic (exact) mass is 125 g/mol. The van der Waals surface area contributed by atoms with E-state index in [0.717, 1.165) is 12.8 Å². The van der Waals surface area contributed by atoms with Crippen molar-refractivity contribution >= 4 is 0 Å². The molecule has 0 aromatic rings. The molecular formula is C6H11N3. The minimum absolute atomic E-state index is 0.612. The summed E-state index contributed by atoms with van der Waals surface area (Å²) >= 11 is 0. The predicted octanol–water partition coefficient (Wildman–Crippen LogP) is 2.65. The maximum Gasteiger partial charge on any atom is 0.0260 e. The van der Waals surface area contributed by atoms with Gasteiger partial charge in [0.15, 0.2) is 0 Å². The fraction of sp³-hybridized carbons (Fsp3) is 0.667. The number of hydrogen-bond acceptors (Lipinski definition) is 1. The van der Waals surface area contributed by atoms with Crippen LogP contribution in [0.15, 0.2) is 17.3 Å². The van der Waals surface area contributed by atoms with E-state index in [9.17, 15) is 0 Å². The molecule has 0 aromatic heterocycles. The molecule has 0 rings (SSSR count). The molecule has 0 aromatic carbocycles. The Balaban J connectivity index is 3.00. The second kappa shape index (κ2) is 7.05. The van der Waals surface area contributed by atoms with E-state index in [-0.39, 0.29) is 0 Å². The van der Waals surface area contributed by atoms with Gasteiger partial charge in [0.05, 0.1) is 0 Å². The smallest absolute Gasteiger partial charge is 0.0260 e. The highest BCUT2D eigenvalue weighted by Gasteiger charge is 1.77. The fourth-order valence-corrected chi connectivity index (χ4v) is 0.491. The van der Waals surface area contributed by atoms with Gasteiger partial charge in [0.2, 0.25) is 0 Å². The molecule has 0 atom stereocenters. The summed E-state index contributed by atoms with van der Waals surface area (Å²) in [5.74, 6) is 0. The van der Waals surface area contributed by atoms with E-state index in [1.165, 1.54) is 0 Å². The third-order valence-electron chi connectivity index (χ3n) is 0.928. The Morgan fingerprint density at radius 3 is 3.00 bits per heavy atom. The number of allylic oxidation sites excluding steroid dienone is 2. The molecule has 0 saturated heterocycles. The van der Waals surface area contributed by atoms with Crippen LogP contribution in [0.3, 0.4) is 0 Å². The maximum absolute atomic E-state index is 7.86. The van der Waals surface area contributed by atoms with Gasteiger partial charge >= 0.3 is 0 Å². The zero-order valence-electron chi connectivity index (χ0n) is 5.62. The molecule has 0 saturated carbocycles. The molecule has 0 heterocycles. The van der Waals surface area contributed by atoms with Crippen LogP contribution in [0, 0.1) is 0 Å².